The average Bonchev–Trinajstić information content (AvgIpc) is 2.69. The van der Waals surface area contributed by atoms with E-state index in [0.29, 0.717) is 11.6 Å². The zero-order chi connectivity index (χ0) is 17.1. The quantitative estimate of drug-likeness (QED) is 0.739. The van der Waals surface area contributed by atoms with Gasteiger partial charge in [-0.25, -0.2) is 4.98 Å². The van der Waals surface area contributed by atoms with E-state index >= 15 is 0 Å². The van der Waals surface area contributed by atoms with Crippen LogP contribution in [0.1, 0.15) is 28.9 Å². The number of amides is 1. The van der Waals surface area contributed by atoms with E-state index in [4.69, 9.17) is 0 Å². The van der Waals surface area contributed by atoms with Gasteiger partial charge in [0.1, 0.15) is 5.69 Å². The highest BCUT2D eigenvalue weighted by Crippen LogP contribution is 2.24. The van der Waals surface area contributed by atoms with Crippen molar-refractivity contribution in [3.8, 4) is 0 Å². The lowest BCUT2D eigenvalue weighted by molar-refractivity contribution is 0.0684. The van der Waals surface area contributed by atoms with Gasteiger partial charge >= 0.3 is 0 Å². The molecule has 0 saturated carbocycles. The molecule has 3 aromatic rings. The van der Waals surface area contributed by atoms with Crippen LogP contribution < -0.4 is 0 Å². The second-order valence-corrected chi connectivity index (χ2v) is 6.56. The third kappa shape index (κ3) is 3.50. The van der Waals surface area contributed by atoms with Crippen molar-refractivity contribution in [2.24, 2.45) is 5.92 Å². The second-order valence-electron chi connectivity index (χ2n) is 6.56. The zero-order valence-electron chi connectivity index (χ0n) is 14.0. The molecule has 5 heteroatoms. The molecule has 0 spiro atoms. The Kier molecular flexibility index (Phi) is 4.37. The van der Waals surface area contributed by atoms with Crippen LogP contribution in [0.2, 0.25) is 0 Å². The normalized spacial score (nSPS) is 15.4. The molecule has 1 saturated heterocycles. The Labute approximate surface area is 146 Å². The molecule has 1 amide bonds. The second kappa shape index (κ2) is 6.97. The number of benzene rings is 1. The predicted octanol–water partition coefficient (Wildman–Crippen LogP) is 3.12. The summed E-state index contributed by atoms with van der Waals surface area (Å²) in [5.41, 5.74) is 2.82. The highest BCUT2D eigenvalue weighted by Gasteiger charge is 2.24. The molecule has 3 heterocycles. The first-order chi connectivity index (χ1) is 12.3. The zero-order valence-corrected chi connectivity index (χ0v) is 14.0. The summed E-state index contributed by atoms with van der Waals surface area (Å²) in [5, 5.41) is 1.19. The highest BCUT2D eigenvalue weighted by atomic mass is 16.2. The van der Waals surface area contributed by atoms with Gasteiger partial charge < -0.3 is 4.90 Å². The van der Waals surface area contributed by atoms with E-state index in [0.717, 1.165) is 37.9 Å². The van der Waals surface area contributed by atoms with Crippen LogP contribution in [0.15, 0.2) is 55.1 Å². The smallest absolute Gasteiger partial charge is 0.274 e. The summed E-state index contributed by atoms with van der Waals surface area (Å²) in [4.78, 5) is 26.8. The number of fused-ring (bicyclic) bond motifs is 1. The summed E-state index contributed by atoms with van der Waals surface area (Å²) >= 11 is 0. The third-order valence-electron chi connectivity index (χ3n) is 4.88. The first-order valence-electron chi connectivity index (χ1n) is 8.68. The predicted molar refractivity (Wildman–Crippen MR) is 96.1 cm³/mol. The number of piperidine rings is 1. The van der Waals surface area contributed by atoms with Gasteiger partial charge in [-0.1, -0.05) is 12.1 Å². The van der Waals surface area contributed by atoms with Gasteiger partial charge in [-0.2, -0.15) is 0 Å². The minimum atomic E-state index is -0.0108. The number of hydrogen-bond donors (Lipinski definition) is 0. The summed E-state index contributed by atoms with van der Waals surface area (Å²) < 4.78 is 0. The van der Waals surface area contributed by atoms with Crippen LogP contribution in [0, 0.1) is 5.92 Å². The van der Waals surface area contributed by atoms with Gasteiger partial charge in [0.05, 0.1) is 11.7 Å². The molecule has 0 aliphatic carbocycles. The van der Waals surface area contributed by atoms with E-state index in [-0.39, 0.29) is 5.91 Å². The van der Waals surface area contributed by atoms with Gasteiger partial charge in [0.25, 0.3) is 5.91 Å². The lowest BCUT2D eigenvalue weighted by Gasteiger charge is -2.31. The molecule has 1 aliphatic heterocycles. The van der Waals surface area contributed by atoms with Crippen LogP contribution >= 0.6 is 0 Å². The molecule has 4 rings (SSSR count). The number of hydrogen-bond acceptors (Lipinski definition) is 4. The van der Waals surface area contributed by atoms with Crippen molar-refractivity contribution in [2.45, 2.75) is 19.3 Å². The first-order valence-corrected chi connectivity index (χ1v) is 8.68. The topological polar surface area (TPSA) is 59.0 Å². The fraction of sp³-hybridized carbons (Fsp3) is 0.300. The lowest BCUT2D eigenvalue weighted by Crippen LogP contribution is -2.39. The van der Waals surface area contributed by atoms with Crippen molar-refractivity contribution < 1.29 is 4.79 Å². The molecule has 0 atom stereocenters. The first kappa shape index (κ1) is 15.7. The fourth-order valence-electron chi connectivity index (χ4n) is 3.50. The molecule has 2 aromatic heterocycles. The molecule has 0 bridgehead atoms. The van der Waals surface area contributed by atoms with Crippen molar-refractivity contribution >= 4 is 16.8 Å². The number of likely N-dealkylation sites (tertiary alicyclic amines) is 1. The van der Waals surface area contributed by atoms with Gasteiger partial charge in [0, 0.05) is 37.1 Å². The van der Waals surface area contributed by atoms with E-state index in [1.807, 2.05) is 17.2 Å². The van der Waals surface area contributed by atoms with Crippen LogP contribution in [-0.2, 0) is 6.42 Å². The van der Waals surface area contributed by atoms with Crippen molar-refractivity contribution in [3.63, 3.8) is 0 Å². The maximum absolute atomic E-state index is 12.4. The van der Waals surface area contributed by atoms with Gasteiger partial charge in [-0.15, -0.1) is 0 Å². The third-order valence-corrected chi connectivity index (χ3v) is 4.88. The molecule has 0 N–H and O–H groups in total. The number of carbonyl (C=O) groups is 1. The average molecular weight is 332 g/mol. The molecular formula is C20H20N4O. The van der Waals surface area contributed by atoms with E-state index < -0.39 is 0 Å². The number of carbonyl (C=O) groups excluding carboxylic acids is 1. The summed E-state index contributed by atoms with van der Waals surface area (Å²) in [5.74, 6) is 0.600. The summed E-state index contributed by atoms with van der Waals surface area (Å²) in [6.07, 6.45) is 9.62. The Bertz CT molecular complexity index is 873. The minimum Gasteiger partial charge on any atom is -0.337 e. The molecular weight excluding hydrogens is 312 g/mol. The summed E-state index contributed by atoms with van der Waals surface area (Å²) in [7, 11) is 0. The Morgan fingerprint density at radius 2 is 1.96 bits per heavy atom. The van der Waals surface area contributed by atoms with Crippen molar-refractivity contribution in [3.05, 3.63) is 66.4 Å². The number of nitrogens with zero attached hydrogens (tertiary/aromatic N) is 4. The molecule has 0 radical (unpaired) electrons. The molecule has 5 nitrogen and oxygen atoms in total. The minimum absolute atomic E-state index is 0.0108. The Morgan fingerprint density at radius 3 is 2.76 bits per heavy atom. The molecule has 1 fully saturated rings. The van der Waals surface area contributed by atoms with Gasteiger partial charge in [-0.05, 0) is 48.9 Å². The van der Waals surface area contributed by atoms with Gasteiger partial charge in [0.15, 0.2) is 0 Å². The SMILES string of the molecule is O=C(c1cnccn1)N1CCC(Cc2ccc3ncccc3c2)CC1. The van der Waals surface area contributed by atoms with Crippen LogP contribution in [0.5, 0.6) is 0 Å². The van der Waals surface area contributed by atoms with Crippen molar-refractivity contribution in [1.82, 2.24) is 19.9 Å². The fourth-order valence-corrected chi connectivity index (χ4v) is 3.50. The van der Waals surface area contributed by atoms with E-state index in [9.17, 15) is 4.79 Å². The lowest BCUT2D eigenvalue weighted by atomic mass is 9.89. The summed E-state index contributed by atoms with van der Waals surface area (Å²) in [6, 6.07) is 10.6. The van der Waals surface area contributed by atoms with Gasteiger partial charge in [-0.3, -0.25) is 14.8 Å². The monoisotopic (exact) mass is 332 g/mol. The Balaban J connectivity index is 1.37. The molecule has 1 aromatic carbocycles. The number of rotatable bonds is 3. The number of aromatic nitrogens is 3. The van der Waals surface area contributed by atoms with Crippen LogP contribution in [0.25, 0.3) is 10.9 Å². The van der Waals surface area contributed by atoms with E-state index in [2.05, 4.69) is 39.2 Å². The molecule has 25 heavy (non-hydrogen) atoms. The van der Waals surface area contributed by atoms with Crippen molar-refractivity contribution in [2.75, 3.05) is 13.1 Å². The molecule has 1 aliphatic rings. The Hall–Kier alpha value is -2.82. The maximum Gasteiger partial charge on any atom is 0.274 e. The van der Waals surface area contributed by atoms with Crippen LogP contribution in [0.3, 0.4) is 0 Å². The van der Waals surface area contributed by atoms with Crippen LogP contribution in [-0.4, -0.2) is 38.8 Å². The molecule has 0 unspecified atom stereocenters. The van der Waals surface area contributed by atoms with E-state index in [1.165, 1.54) is 17.1 Å². The number of pyridine rings is 1. The van der Waals surface area contributed by atoms with E-state index in [1.54, 1.807) is 12.4 Å². The largest absolute Gasteiger partial charge is 0.337 e. The van der Waals surface area contributed by atoms with Crippen LogP contribution in [0.4, 0.5) is 0 Å². The highest BCUT2D eigenvalue weighted by molar-refractivity contribution is 5.92. The van der Waals surface area contributed by atoms with Gasteiger partial charge in [0.2, 0.25) is 0 Å². The molecule has 126 valence electrons. The maximum atomic E-state index is 12.4. The summed E-state index contributed by atoms with van der Waals surface area (Å²) in [6.45, 7) is 1.57. The Morgan fingerprint density at radius 1 is 1.08 bits per heavy atom. The van der Waals surface area contributed by atoms with Crippen molar-refractivity contribution in [1.29, 1.82) is 0 Å². The standard InChI is InChI=1S/C20H20N4O/c25-20(19-14-21-8-9-23-19)24-10-5-15(6-11-24)12-16-3-4-18-17(13-16)2-1-7-22-18/h1-4,7-9,13-15H,5-6,10-12H2.